The highest BCUT2D eigenvalue weighted by Crippen LogP contribution is 2.33. The summed E-state index contributed by atoms with van der Waals surface area (Å²) in [7, 11) is -3.91. The Balaban J connectivity index is 1.54. The van der Waals surface area contributed by atoms with E-state index in [1.807, 2.05) is 41.8 Å². The molecule has 0 saturated carbocycles. The monoisotopic (exact) mass is 538 g/mol. The van der Waals surface area contributed by atoms with Gasteiger partial charge in [0.05, 0.1) is 29.8 Å². The van der Waals surface area contributed by atoms with Crippen molar-refractivity contribution in [2.45, 2.75) is 24.5 Å². The Bertz CT molecular complexity index is 1590. The summed E-state index contributed by atoms with van der Waals surface area (Å²) in [4.78, 5) is 0.172. The molecular formula is C28H24Cl2N2O3S. The Morgan fingerprint density at radius 1 is 0.833 bits per heavy atom. The number of aliphatic hydroxyl groups is 1. The normalized spacial score (nSPS) is 12.8. The van der Waals surface area contributed by atoms with E-state index in [4.69, 9.17) is 23.2 Å². The topological polar surface area (TPSA) is 62.5 Å². The number of anilines is 1. The molecule has 8 heteroatoms. The zero-order valence-corrected chi connectivity index (χ0v) is 21.8. The maximum Gasteiger partial charge on any atom is 0.264 e. The van der Waals surface area contributed by atoms with Crippen molar-refractivity contribution in [1.29, 1.82) is 0 Å². The molecule has 184 valence electrons. The summed E-state index contributed by atoms with van der Waals surface area (Å²) in [5.41, 5.74) is 3.21. The molecule has 5 nitrogen and oxygen atoms in total. The van der Waals surface area contributed by atoms with Gasteiger partial charge in [-0.05, 0) is 67.6 Å². The lowest BCUT2D eigenvalue weighted by Gasteiger charge is -2.27. The summed E-state index contributed by atoms with van der Waals surface area (Å²) in [5, 5.41) is 14.3. The Hall–Kier alpha value is -3.03. The Morgan fingerprint density at radius 3 is 1.94 bits per heavy atom. The van der Waals surface area contributed by atoms with Crippen molar-refractivity contribution in [1.82, 2.24) is 4.57 Å². The fourth-order valence-corrected chi connectivity index (χ4v) is 6.33. The molecule has 0 aliphatic rings. The van der Waals surface area contributed by atoms with Gasteiger partial charge in [-0.1, -0.05) is 59.1 Å². The summed E-state index contributed by atoms with van der Waals surface area (Å²) in [6.07, 6.45) is -1.00. The number of aliphatic hydroxyl groups excluding tert-OH is 1. The molecule has 0 bridgehead atoms. The summed E-state index contributed by atoms with van der Waals surface area (Å²) >= 11 is 12.5. The molecule has 0 saturated heterocycles. The minimum absolute atomic E-state index is 0.122. The van der Waals surface area contributed by atoms with Crippen molar-refractivity contribution >= 4 is 60.7 Å². The summed E-state index contributed by atoms with van der Waals surface area (Å²) < 4.78 is 30.6. The van der Waals surface area contributed by atoms with Crippen LogP contribution in [0.25, 0.3) is 21.8 Å². The molecule has 0 aliphatic carbocycles. The maximum absolute atomic E-state index is 13.7. The molecule has 1 atom stereocenters. The number of rotatable bonds is 7. The number of hydrogen-bond donors (Lipinski definition) is 1. The summed E-state index contributed by atoms with van der Waals surface area (Å²) in [6.45, 7) is 1.96. The van der Waals surface area contributed by atoms with Crippen molar-refractivity contribution in [3.05, 3.63) is 107 Å². The number of halogens is 2. The largest absolute Gasteiger partial charge is 0.389 e. The van der Waals surface area contributed by atoms with Gasteiger partial charge in [-0.15, -0.1) is 0 Å². The third-order valence-corrected chi connectivity index (χ3v) is 8.49. The van der Waals surface area contributed by atoms with Crippen LogP contribution in [-0.4, -0.2) is 30.7 Å². The standard InChI is InChI=1S/C28H24Cl2N2O3S/c1-19-7-11-24(12-8-19)36(34,35)32(22-5-3-2-4-6-22)18-23(33)17-31-27-13-9-20(29)15-25(27)26-16-21(30)10-14-28(26)31/h2-16,23,33H,17-18H2,1H3. The third kappa shape index (κ3) is 4.70. The molecule has 5 aromatic rings. The molecule has 0 fully saturated rings. The number of fused-ring (bicyclic) bond motifs is 3. The van der Waals surface area contributed by atoms with Crippen molar-refractivity contribution in [2.75, 3.05) is 10.8 Å². The second kappa shape index (κ2) is 9.79. The van der Waals surface area contributed by atoms with Crippen molar-refractivity contribution in [3.63, 3.8) is 0 Å². The van der Waals surface area contributed by atoms with Crippen molar-refractivity contribution < 1.29 is 13.5 Å². The van der Waals surface area contributed by atoms with E-state index in [-0.39, 0.29) is 18.0 Å². The maximum atomic E-state index is 13.7. The van der Waals surface area contributed by atoms with Crippen molar-refractivity contribution in [2.24, 2.45) is 0 Å². The molecular weight excluding hydrogens is 515 g/mol. The number of sulfonamides is 1. The Labute approximate surface area is 220 Å². The van der Waals surface area contributed by atoms with Crippen LogP contribution in [0, 0.1) is 6.92 Å². The van der Waals surface area contributed by atoms with Crippen LogP contribution in [0.2, 0.25) is 10.0 Å². The lowest BCUT2D eigenvalue weighted by atomic mass is 10.1. The molecule has 0 amide bonds. The second-order valence-corrected chi connectivity index (χ2v) is 11.5. The van der Waals surface area contributed by atoms with E-state index in [0.29, 0.717) is 15.7 Å². The van der Waals surface area contributed by atoms with Gasteiger partial charge in [0.1, 0.15) is 0 Å². The number of hydrogen-bond acceptors (Lipinski definition) is 3. The van der Waals surface area contributed by atoms with Crippen LogP contribution in [0.15, 0.2) is 95.9 Å². The first-order chi connectivity index (χ1) is 17.2. The van der Waals surface area contributed by atoms with E-state index in [2.05, 4.69) is 0 Å². The fraction of sp³-hybridized carbons (Fsp3) is 0.143. The van der Waals surface area contributed by atoms with Gasteiger partial charge in [0.2, 0.25) is 0 Å². The zero-order valence-electron chi connectivity index (χ0n) is 19.5. The number of aryl methyl sites for hydroxylation is 1. The zero-order chi connectivity index (χ0) is 25.4. The lowest BCUT2D eigenvalue weighted by molar-refractivity contribution is 0.166. The van der Waals surface area contributed by atoms with Crippen molar-refractivity contribution in [3.8, 4) is 0 Å². The van der Waals surface area contributed by atoms with E-state index in [1.165, 1.54) is 4.31 Å². The van der Waals surface area contributed by atoms with Gasteiger partial charge in [0.25, 0.3) is 10.0 Å². The first-order valence-corrected chi connectivity index (χ1v) is 13.6. The highest BCUT2D eigenvalue weighted by Gasteiger charge is 2.28. The van der Waals surface area contributed by atoms with Gasteiger partial charge in [-0.25, -0.2) is 8.42 Å². The molecule has 0 radical (unpaired) electrons. The average Bonchev–Trinajstić information content (AvgIpc) is 3.15. The quantitative estimate of drug-likeness (QED) is 0.251. The van der Waals surface area contributed by atoms with Crippen LogP contribution < -0.4 is 4.31 Å². The lowest BCUT2D eigenvalue weighted by Crippen LogP contribution is -2.39. The Kier molecular flexibility index (Phi) is 6.70. The van der Waals surface area contributed by atoms with Crippen LogP contribution >= 0.6 is 23.2 Å². The van der Waals surface area contributed by atoms with E-state index in [0.717, 1.165) is 27.4 Å². The van der Waals surface area contributed by atoms with Crippen LogP contribution in [0.1, 0.15) is 5.56 Å². The fourth-order valence-electron chi connectivity index (χ4n) is 4.48. The van der Waals surface area contributed by atoms with Gasteiger partial charge in [-0.2, -0.15) is 0 Å². The minimum Gasteiger partial charge on any atom is -0.389 e. The predicted octanol–water partition coefficient (Wildman–Crippen LogP) is 6.67. The van der Waals surface area contributed by atoms with Gasteiger partial charge in [0, 0.05) is 31.9 Å². The molecule has 1 N–H and O–H groups in total. The summed E-state index contributed by atoms with van der Waals surface area (Å²) in [6, 6.07) is 26.7. The molecule has 0 spiro atoms. The SMILES string of the molecule is Cc1ccc(S(=O)(=O)N(CC(O)Cn2c3ccc(Cl)cc3c3cc(Cl)ccc32)c2ccccc2)cc1. The van der Waals surface area contributed by atoms with Crippen LogP contribution in [0.3, 0.4) is 0 Å². The van der Waals surface area contributed by atoms with Crippen LogP contribution in [-0.2, 0) is 16.6 Å². The van der Waals surface area contributed by atoms with Gasteiger partial charge in [-0.3, -0.25) is 4.31 Å². The first-order valence-electron chi connectivity index (χ1n) is 11.4. The third-order valence-electron chi connectivity index (χ3n) is 6.21. The smallest absolute Gasteiger partial charge is 0.264 e. The highest BCUT2D eigenvalue weighted by molar-refractivity contribution is 7.92. The molecule has 1 unspecified atom stereocenters. The van der Waals surface area contributed by atoms with Gasteiger partial charge in [0.15, 0.2) is 0 Å². The number of aromatic nitrogens is 1. The van der Waals surface area contributed by atoms with Crippen LogP contribution in [0.5, 0.6) is 0 Å². The number of nitrogens with zero attached hydrogens (tertiary/aromatic N) is 2. The second-order valence-electron chi connectivity index (χ2n) is 8.77. The van der Waals surface area contributed by atoms with Crippen LogP contribution in [0.4, 0.5) is 5.69 Å². The first kappa shape index (κ1) is 24.7. The van der Waals surface area contributed by atoms with E-state index >= 15 is 0 Å². The Morgan fingerprint density at radius 2 is 1.39 bits per heavy atom. The highest BCUT2D eigenvalue weighted by atomic mass is 35.5. The number of para-hydroxylation sites is 1. The van der Waals surface area contributed by atoms with Gasteiger partial charge < -0.3 is 9.67 Å². The molecule has 1 heterocycles. The molecule has 0 aliphatic heterocycles. The molecule has 5 rings (SSSR count). The molecule has 1 aromatic heterocycles. The minimum atomic E-state index is -3.91. The average molecular weight is 539 g/mol. The van der Waals surface area contributed by atoms with Gasteiger partial charge >= 0.3 is 0 Å². The van der Waals surface area contributed by atoms with E-state index in [1.54, 1.807) is 60.7 Å². The van der Waals surface area contributed by atoms with E-state index in [9.17, 15) is 13.5 Å². The molecule has 4 aromatic carbocycles. The predicted molar refractivity (Wildman–Crippen MR) is 148 cm³/mol. The van der Waals surface area contributed by atoms with E-state index < -0.39 is 16.1 Å². The number of benzene rings is 4. The summed E-state index contributed by atoms with van der Waals surface area (Å²) in [5.74, 6) is 0. The molecule has 36 heavy (non-hydrogen) atoms.